The van der Waals surface area contributed by atoms with E-state index in [2.05, 4.69) is 11.4 Å². The molecule has 30 heavy (non-hydrogen) atoms. The second-order valence-electron chi connectivity index (χ2n) is 7.38. The molecule has 6 nitrogen and oxygen atoms in total. The van der Waals surface area contributed by atoms with Gasteiger partial charge < -0.3 is 9.73 Å². The van der Waals surface area contributed by atoms with Crippen LogP contribution < -0.4 is 5.32 Å². The van der Waals surface area contributed by atoms with Gasteiger partial charge in [0.25, 0.3) is 0 Å². The molecule has 1 aliphatic rings. The number of hydrogen-bond donors (Lipinski definition) is 1. The number of carbonyl (C=O) groups excluding carboxylic acids is 1. The van der Waals surface area contributed by atoms with E-state index in [9.17, 15) is 13.2 Å². The smallest absolute Gasteiger partial charge is 0.243 e. The molecule has 0 saturated heterocycles. The fourth-order valence-corrected chi connectivity index (χ4v) is 5.23. The van der Waals surface area contributed by atoms with Crippen molar-refractivity contribution in [2.45, 2.75) is 36.7 Å². The van der Waals surface area contributed by atoms with Gasteiger partial charge in [-0.1, -0.05) is 42.5 Å². The predicted molar refractivity (Wildman–Crippen MR) is 113 cm³/mol. The van der Waals surface area contributed by atoms with Gasteiger partial charge in [0, 0.05) is 0 Å². The second-order valence-corrected chi connectivity index (χ2v) is 9.31. The summed E-state index contributed by atoms with van der Waals surface area (Å²) in [5.74, 6) is 0.146. The minimum atomic E-state index is -3.86. The normalized spacial score (nSPS) is 16.2. The molecule has 7 heteroatoms. The van der Waals surface area contributed by atoms with Crippen LogP contribution in [-0.4, -0.2) is 25.2 Å². The molecular weight excluding hydrogens is 400 g/mol. The van der Waals surface area contributed by atoms with Gasteiger partial charge in [-0.3, -0.25) is 4.79 Å². The van der Waals surface area contributed by atoms with Crippen LogP contribution in [-0.2, 0) is 27.8 Å². The Hall–Kier alpha value is -2.90. The maximum absolute atomic E-state index is 13.2. The van der Waals surface area contributed by atoms with Crippen molar-refractivity contribution < 1.29 is 17.6 Å². The summed E-state index contributed by atoms with van der Waals surface area (Å²) in [7, 11) is -3.86. The topological polar surface area (TPSA) is 79.6 Å². The molecule has 2 aromatic carbocycles. The minimum Gasteiger partial charge on any atom is -0.468 e. The summed E-state index contributed by atoms with van der Waals surface area (Å²) in [5, 5.41) is 3.03. The Morgan fingerprint density at radius 3 is 2.57 bits per heavy atom. The zero-order valence-corrected chi connectivity index (χ0v) is 17.3. The lowest BCUT2D eigenvalue weighted by molar-refractivity contribution is -0.122. The summed E-state index contributed by atoms with van der Waals surface area (Å²) in [6.07, 6.45) is 4.31. The Kier molecular flexibility index (Phi) is 6.01. The van der Waals surface area contributed by atoms with Gasteiger partial charge in [-0.25, -0.2) is 8.42 Å². The maximum atomic E-state index is 13.2. The molecule has 1 aliphatic carbocycles. The lowest BCUT2D eigenvalue weighted by Crippen LogP contribution is -2.42. The molecule has 1 aromatic heterocycles. The number of hydrogen-bond acceptors (Lipinski definition) is 4. The van der Waals surface area contributed by atoms with Crippen molar-refractivity contribution >= 4 is 15.9 Å². The Bertz CT molecular complexity index is 1100. The molecular formula is C23H24N2O4S. The largest absolute Gasteiger partial charge is 0.468 e. The third kappa shape index (κ3) is 4.47. The Balaban J connectivity index is 1.54. The Morgan fingerprint density at radius 1 is 1.03 bits per heavy atom. The van der Waals surface area contributed by atoms with E-state index in [1.165, 1.54) is 24.0 Å². The molecule has 1 heterocycles. The van der Waals surface area contributed by atoms with Crippen LogP contribution in [0.3, 0.4) is 0 Å². The number of rotatable bonds is 7. The standard InChI is InChI=1S/C23H24N2O4S/c26-23(24-22-14-6-9-18-8-4-5-13-21(18)22)17-25(16-19-10-7-15-29-19)30(27,28)20-11-2-1-3-12-20/h1-5,7-8,10-13,15,22H,6,9,14,16-17H2,(H,24,26)/t22-/m1/s1. The van der Waals surface area contributed by atoms with Gasteiger partial charge >= 0.3 is 0 Å². The van der Waals surface area contributed by atoms with Crippen molar-refractivity contribution in [1.82, 2.24) is 9.62 Å². The number of furan rings is 1. The molecule has 156 valence electrons. The highest BCUT2D eigenvalue weighted by Crippen LogP contribution is 2.29. The number of nitrogens with zero attached hydrogens (tertiary/aromatic N) is 1. The van der Waals surface area contributed by atoms with Crippen molar-refractivity contribution in [3.8, 4) is 0 Å². The molecule has 3 aromatic rings. The predicted octanol–water partition coefficient (Wildman–Crippen LogP) is 3.66. The third-order valence-corrected chi connectivity index (χ3v) is 7.12. The molecule has 0 bridgehead atoms. The van der Waals surface area contributed by atoms with Crippen molar-refractivity contribution in [1.29, 1.82) is 0 Å². The molecule has 1 atom stereocenters. The molecule has 0 fully saturated rings. The van der Waals surface area contributed by atoms with E-state index in [4.69, 9.17) is 4.42 Å². The van der Waals surface area contributed by atoms with Gasteiger partial charge in [-0.2, -0.15) is 4.31 Å². The summed E-state index contributed by atoms with van der Waals surface area (Å²) in [5.41, 5.74) is 2.35. The fourth-order valence-electron chi connectivity index (χ4n) is 3.85. The first-order valence-corrected chi connectivity index (χ1v) is 11.4. The minimum absolute atomic E-state index is 0.0150. The van der Waals surface area contributed by atoms with Crippen LogP contribution in [0.2, 0.25) is 0 Å². The summed E-state index contributed by atoms with van der Waals surface area (Å²) in [6, 6.07) is 19.5. The van der Waals surface area contributed by atoms with E-state index in [1.807, 2.05) is 18.2 Å². The van der Waals surface area contributed by atoms with E-state index in [0.29, 0.717) is 5.76 Å². The molecule has 0 radical (unpaired) electrons. The van der Waals surface area contributed by atoms with Crippen LogP contribution in [0.25, 0.3) is 0 Å². The van der Waals surface area contributed by atoms with Gasteiger partial charge in [0.15, 0.2) is 0 Å². The van der Waals surface area contributed by atoms with Crippen molar-refractivity contribution in [3.05, 3.63) is 89.9 Å². The maximum Gasteiger partial charge on any atom is 0.243 e. The van der Waals surface area contributed by atoms with Crippen LogP contribution in [0.5, 0.6) is 0 Å². The molecule has 0 saturated carbocycles. The van der Waals surface area contributed by atoms with Crippen LogP contribution in [0.1, 0.15) is 35.8 Å². The number of carbonyl (C=O) groups is 1. The number of fused-ring (bicyclic) bond motifs is 1. The molecule has 0 unspecified atom stereocenters. The number of nitrogens with one attached hydrogen (secondary N) is 1. The third-order valence-electron chi connectivity index (χ3n) is 5.32. The van der Waals surface area contributed by atoms with Gasteiger partial charge in [0.2, 0.25) is 15.9 Å². The zero-order chi connectivity index (χ0) is 21.0. The monoisotopic (exact) mass is 424 g/mol. The highest BCUT2D eigenvalue weighted by molar-refractivity contribution is 7.89. The summed E-state index contributed by atoms with van der Waals surface area (Å²) in [6.45, 7) is -0.296. The zero-order valence-electron chi connectivity index (χ0n) is 16.5. The first kappa shape index (κ1) is 20.4. The highest BCUT2D eigenvalue weighted by atomic mass is 32.2. The molecule has 4 rings (SSSR count). The SMILES string of the molecule is O=C(CN(Cc1ccco1)S(=O)(=O)c1ccccc1)N[C@@H]1CCCc2ccccc21. The van der Waals surface area contributed by atoms with E-state index in [0.717, 1.165) is 29.1 Å². The van der Waals surface area contributed by atoms with Crippen LogP contribution in [0.15, 0.2) is 82.3 Å². The molecule has 0 aliphatic heterocycles. The van der Waals surface area contributed by atoms with Crippen LogP contribution >= 0.6 is 0 Å². The van der Waals surface area contributed by atoms with E-state index >= 15 is 0 Å². The fraction of sp³-hybridized carbons (Fsp3) is 0.261. The highest BCUT2D eigenvalue weighted by Gasteiger charge is 2.29. The lowest BCUT2D eigenvalue weighted by atomic mass is 9.88. The van der Waals surface area contributed by atoms with Crippen molar-refractivity contribution in [2.24, 2.45) is 0 Å². The van der Waals surface area contributed by atoms with Crippen molar-refractivity contribution in [2.75, 3.05) is 6.54 Å². The Labute approximate surface area is 176 Å². The van der Waals surface area contributed by atoms with Crippen molar-refractivity contribution in [3.63, 3.8) is 0 Å². The average Bonchev–Trinajstić information content (AvgIpc) is 3.27. The molecule has 1 N–H and O–H groups in total. The quantitative estimate of drug-likeness (QED) is 0.628. The van der Waals surface area contributed by atoms with Crippen LogP contribution in [0.4, 0.5) is 0 Å². The van der Waals surface area contributed by atoms with E-state index < -0.39 is 10.0 Å². The summed E-state index contributed by atoms with van der Waals surface area (Å²) < 4.78 is 32.9. The average molecular weight is 425 g/mol. The Morgan fingerprint density at radius 2 is 1.80 bits per heavy atom. The molecule has 1 amide bonds. The van der Waals surface area contributed by atoms with Gasteiger partial charge in [-0.05, 0) is 54.7 Å². The van der Waals surface area contributed by atoms with Gasteiger partial charge in [0.05, 0.1) is 30.3 Å². The van der Waals surface area contributed by atoms with Gasteiger partial charge in [-0.15, -0.1) is 0 Å². The molecule has 0 spiro atoms. The van der Waals surface area contributed by atoms with Crippen LogP contribution in [0, 0.1) is 0 Å². The summed E-state index contributed by atoms with van der Waals surface area (Å²) in [4.78, 5) is 13.0. The van der Waals surface area contributed by atoms with Gasteiger partial charge in [0.1, 0.15) is 5.76 Å². The number of sulfonamides is 1. The number of benzene rings is 2. The second kappa shape index (κ2) is 8.85. The number of amides is 1. The first-order chi connectivity index (χ1) is 14.5. The number of aryl methyl sites for hydroxylation is 1. The van der Waals surface area contributed by atoms with E-state index in [-0.39, 0.29) is 29.9 Å². The van der Waals surface area contributed by atoms with E-state index in [1.54, 1.807) is 30.3 Å². The lowest BCUT2D eigenvalue weighted by Gasteiger charge is -2.28. The summed E-state index contributed by atoms with van der Waals surface area (Å²) >= 11 is 0. The first-order valence-electron chi connectivity index (χ1n) is 9.99.